The molecule has 0 radical (unpaired) electrons. The predicted molar refractivity (Wildman–Crippen MR) is 65.4 cm³/mol. The highest BCUT2D eigenvalue weighted by Crippen LogP contribution is 2.19. The van der Waals surface area contributed by atoms with Gasteiger partial charge in [-0.1, -0.05) is 29.8 Å². The minimum Gasteiger partial charge on any atom is -0.479 e. The van der Waals surface area contributed by atoms with Crippen LogP contribution in [0.4, 0.5) is 0 Å². The quantitative estimate of drug-likeness (QED) is 0.382. The lowest BCUT2D eigenvalue weighted by Crippen LogP contribution is -2.58. The number of rotatable bonds is 5. The van der Waals surface area contributed by atoms with Gasteiger partial charge in [0.05, 0.1) is 0 Å². The van der Waals surface area contributed by atoms with E-state index in [0.29, 0.717) is 0 Å². The molecule has 2 atom stereocenters. The van der Waals surface area contributed by atoms with Crippen LogP contribution < -0.4 is 0 Å². The number of aliphatic hydroxyl groups is 2. The van der Waals surface area contributed by atoms with E-state index in [9.17, 15) is 24.6 Å². The van der Waals surface area contributed by atoms with E-state index in [1.54, 1.807) is 6.92 Å². The Hall–Kier alpha value is -2.29. The van der Waals surface area contributed by atoms with Gasteiger partial charge in [-0.15, -0.1) is 0 Å². The number of Topliss-reactive ketones (excluding diaryl/α,β-unsaturated/α-hetero) is 1. The molecule has 0 bridgehead atoms. The molecule has 0 heterocycles. The van der Waals surface area contributed by atoms with Crippen LogP contribution in [-0.2, 0) is 9.59 Å². The summed E-state index contributed by atoms with van der Waals surface area (Å²) >= 11 is 0. The van der Waals surface area contributed by atoms with Crippen molar-refractivity contribution in [2.45, 2.75) is 18.6 Å². The molecule has 0 aliphatic rings. The first-order valence-corrected chi connectivity index (χ1v) is 5.19. The van der Waals surface area contributed by atoms with Crippen molar-refractivity contribution in [3.05, 3.63) is 35.4 Å². The van der Waals surface area contributed by atoms with Crippen LogP contribution in [0.2, 0.25) is 0 Å². The van der Waals surface area contributed by atoms with Crippen molar-refractivity contribution >= 4 is 17.7 Å². The molecular weight excluding hydrogens is 272 g/mol. The normalized spacial score (nSPS) is 14.6. The van der Waals surface area contributed by atoms with E-state index < -0.39 is 29.4 Å². The third kappa shape index (κ3) is 2.99. The van der Waals surface area contributed by atoms with Crippen molar-refractivity contribution in [1.29, 1.82) is 0 Å². The van der Waals surface area contributed by atoms with Gasteiger partial charge in [-0.2, -0.15) is 0 Å². The summed E-state index contributed by atoms with van der Waals surface area (Å²) in [6, 6.07) is 5.45. The maximum Gasteiger partial charge on any atom is 0.347 e. The van der Waals surface area contributed by atoms with Gasteiger partial charge in [0.25, 0.3) is 5.60 Å². The maximum atomic E-state index is 11.9. The fourth-order valence-corrected chi connectivity index (χ4v) is 1.44. The lowest BCUT2D eigenvalue weighted by atomic mass is 9.87. The van der Waals surface area contributed by atoms with Gasteiger partial charge >= 0.3 is 11.9 Å². The van der Waals surface area contributed by atoms with Crippen LogP contribution in [0.5, 0.6) is 0 Å². The first kappa shape index (κ1) is 17.7. The first-order valence-electron chi connectivity index (χ1n) is 5.19. The van der Waals surface area contributed by atoms with Gasteiger partial charge in [0.15, 0.2) is 6.10 Å². The summed E-state index contributed by atoms with van der Waals surface area (Å²) in [5.74, 6) is -5.53. The van der Waals surface area contributed by atoms with Gasteiger partial charge in [-0.25, -0.2) is 9.59 Å². The average molecular weight is 286 g/mol. The summed E-state index contributed by atoms with van der Waals surface area (Å²) in [6.45, 7) is 1.73. The van der Waals surface area contributed by atoms with Crippen LogP contribution in [-0.4, -0.2) is 55.3 Å². The molecule has 0 spiro atoms. The highest BCUT2D eigenvalue weighted by Gasteiger charge is 2.54. The van der Waals surface area contributed by atoms with Gasteiger partial charge in [0.2, 0.25) is 5.78 Å². The fraction of sp³-hybridized carbons (Fsp3) is 0.250. The number of carbonyl (C=O) groups is 3. The topological polar surface area (TPSA) is 164 Å². The SMILES string of the molecule is Cc1ccc(C(=O)[C@](O)(C(=O)O)[C@@H](O)C(=O)O)cc1.O. The molecule has 0 aliphatic heterocycles. The summed E-state index contributed by atoms with van der Waals surface area (Å²) in [6.07, 6.45) is -2.76. The molecule has 0 saturated carbocycles. The van der Waals surface area contributed by atoms with Crippen molar-refractivity contribution < 1.29 is 40.3 Å². The minimum atomic E-state index is -3.43. The molecule has 6 N–H and O–H groups in total. The van der Waals surface area contributed by atoms with Gasteiger partial charge in [-0.05, 0) is 6.92 Å². The van der Waals surface area contributed by atoms with Crippen molar-refractivity contribution in [2.75, 3.05) is 0 Å². The number of aliphatic carboxylic acids is 2. The van der Waals surface area contributed by atoms with Crippen LogP contribution in [0.25, 0.3) is 0 Å². The average Bonchev–Trinajstić information content (AvgIpc) is 2.36. The third-order valence-electron chi connectivity index (χ3n) is 2.62. The smallest absolute Gasteiger partial charge is 0.347 e. The summed E-state index contributed by atoms with van der Waals surface area (Å²) in [7, 11) is 0. The number of carboxylic acids is 2. The summed E-state index contributed by atoms with van der Waals surface area (Å²) < 4.78 is 0. The highest BCUT2D eigenvalue weighted by atomic mass is 16.4. The molecule has 0 fully saturated rings. The monoisotopic (exact) mass is 286 g/mol. The molecular formula is C12H14O8. The Balaban J connectivity index is 0.00000361. The Morgan fingerprint density at radius 3 is 1.90 bits per heavy atom. The van der Waals surface area contributed by atoms with E-state index in [1.807, 2.05) is 0 Å². The van der Waals surface area contributed by atoms with Crippen molar-refractivity contribution in [3.63, 3.8) is 0 Å². The van der Waals surface area contributed by atoms with Crippen LogP contribution in [0.1, 0.15) is 15.9 Å². The van der Waals surface area contributed by atoms with Crippen molar-refractivity contribution in [2.24, 2.45) is 0 Å². The number of carboxylic acid groups (broad SMARTS) is 2. The van der Waals surface area contributed by atoms with E-state index in [4.69, 9.17) is 10.2 Å². The Bertz CT molecular complexity index is 521. The number of ketones is 1. The number of benzene rings is 1. The molecule has 20 heavy (non-hydrogen) atoms. The lowest BCUT2D eigenvalue weighted by molar-refractivity contribution is -0.175. The number of carbonyl (C=O) groups excluding carboxylic acids is 1. The molecule has 110 valence electrons. The minimum absolute atomic E-state index is 0. The number of aliphatic hydroxyl groups excluding tert-OH is 1. The van der Waals surface area contributed by atoms with Crippen molar-refractivity contribution in [1.82, 2.24) is 0 Å². The lowest BCUT2D eigenvalue weighted by Gasteiger charge is -2.24. The van der Waals surface area contributed by atoms with Gasteiger partial charge in [0.1, 0.15) is 0 Å². The molecule has 0 unspecified atom stereocenters. The van der Waals surface area contributed by atoms with Crippen LogP contribution in [0.3, 0.4) is 0 Å². The van der Waals surface area contributed by atoms with Gasteiger partial charge in [-0.3, -0.25) is 4.79 Å². The second kappa shape index (κ2) is 6.24. The predicted octanol–water partition coefficient (Wildman–Crippen LogP) is -1.39. The number of hydrogen-bond donors (Lipinski definition) is 4. The standard InChI is InChI=1S/C12H12O7.H2O/c1-6-2-4-7(5-3-6)8(13)12(19,11(17)18)9(14)10(15)16;/h2-5,9,14,19H,1H3,(H,15,16)(H,17,18);1H2/t9-,12+;/m0./s1. The van der Waals surface area contributed by atoms with Crippen LogP contribution in [0.15, 0.2) is 24.3 Å². The zero-order valence-corrected chi connectivity index (χ0v) is 10.4. The van der Waals surface area contributed by atoms with E-state index in [0.717, 1.165) is 5.56 Å². The largest absolute Gasteiger partial charge is 0.479 e. The molecule has 1 aromatic carbocycles. The maximum absolute atomic E-state index is 11.9. The third-order valence-corrected chi connectivity index (χ3v) is 2.62. The number of aryl methyl sites for hydroxylation is 1. The van der Waals surface area contributed by atoms with E-state index in [1.165, 1.54) is 24.3 Å². The Labute approximate surface area is 113 Å². The van der Waals surface area contributed by atoms with Gasteiger partial charge < -0.3 is 25.9 Å². The molecule has 8 nitrogen and oxygen atoms in total. The second-order valence-corrected chi connectivity index (χ2v) is 4.01. The zero-order chi connectivity index (χ0) is 14.8. The molecule has 8 heteroatoms. The van der Waals surface area contributed by atoms with Crippen LogP contribution >= 0.6 is 0 Å². The Kier molecular flexibility index (Phi) is 5.52. The van der Waals surface area contributed by atoms with E-state index in [2.05, 4.69) is 0 Å². The van der Waals surface area contributed by atoms with Gasteiger partial charge in [0, 0.05) is 5.56 Å². The molecule has 0 aliphatic carbocycles. The summed E-state index contributed by atoms with van der Waals surface area (Å²) in [4.78, 5) is 33.5. The van der Waals surface area contributed by atoms with Crippen LogP contribution in [0, 0.1) is 6.92 Å². The number of hydrogen-bond acceptors (Lipinski definition) is 5. The molecule has 1 rings (SSSR count). The highest BCUT2D eigenvalue weighted by molar-refractivity contribution is 6.17. The summed E-state index contributed by atoms with van der Waals surface area (Å²) in [5.41, 5.74) is -2.86. The molecule has 0 aromatic heterocycles. The summed E-state index contributed by atoms with van der Waals surface area (Å²) in [5, 5.41) is 36.4. The van der Waals surface area contributed by atoms with E-state index in [-0.39, 0.29) is 11.0 Å². The molecule has 1 aromatic rings. The molecule has 0 saturated heterocycles. The van der Waals surface area contributed by atoms with E-state index >= 15 is 0 Å². The Morgan fingerprint density at radius 1 is 1.10 bits per heavy atom. The molecule has 0 amide bonds. The van der Waals surface area contributed by atoms with Crippen molar-refractivity contribution in [3.8, 4) is 0 Å². The fourth-order valence-electron chi connectivity index (χ4n) is 1.44. The first-order chi connectivity index (χ1) is 8.71. The second-order valence-electron chi connectivity index (χ2n) is 4.01. The zero-order valence-electron chi connectivity index (χ0n) is 10.4. The Morgan fingerprint density at radius 2 is 1.55 bits per heavy atom.